The van der Waals surface area contributed by atoms with Crippen molar-refractivity contribution >= 4 is 16.4 Å². The van der Waals surface area contributed by atoms with Gasteiger partial charge in [0.15, 0.2) is 31.5 Å². The number of hydrogen-bond donors (Lipinski definition) is 11. The Balaban J connectivity index is 0.912. The van der Waals surface area contributed by atoms with E-state index in [-0.39, 0.29) is 41.8 Å². The summed E-state index contributed by atoms with van der Waals surface area (Å²) < 4.78 is 111. The first-order chi connectivity index (χ1) is 38.0. The third-order valence-corrected chi connectivity index (χ3v) is 20.7. The molecule has 6 aliphatic heterocycles. The van der Waals surface area contributed by atoms with Gasteiger partial charge in [-0.1, -0.05) is 51.5 Å². The van der Waals surface area contributed by atoms with Gasteiger partial charge in [-0.05, 0) is 75.0 Å². The molecule has 2 bridgehead atoms. The van der Waals surface area contributed by atoms with E-state index in [1.807, 2.05) is 6.92 Å². The molecule has 0 aromatic heterocycles. The molecule has 3 saturated carbocycles. The van der Waals surface area contributed by atoms with Gasteiger partial charge in [0.1, 0.15) is 104 Å². The fourth-order valence-electron chi connectivity index (χ4n) is 16.1. The number of carbonyl (C=O) groups excluding carboxylic acids is 1. The summed E-state index contributed by atoms with van der Waals surface area (Å²) in [6, 6.07) is 0. The molecule has 30 atom stereocenters. The third-order valence-electron chi connectivity index (χ3n) is 20.2. The van der Waals surface area contributed by atoms with Crippen molar-refractivity contribution in [1.29, 1.82) is 0 Å². The lowest BCUT2D eigenvalue weighted by Crippen LogP contribution is -2.67. The van der Waals surface area contributed by atoms with E-state index >= 15 is 0 Å². The molecule has 81 heavy (non-hydrogen) atoms. The monoisotopic (exact) mass is 1180 g/mol. The quantitative estimate of drug-likeness (QED) is 0.0462. The predicted octanol–water partition coefficient (Wildman–Crippen LogP) is -2.41. The van der Waals surface area contributed by atoms with Gasteiger partial charge in [-0.2, -0.15) is 8.42 Å². The zero-order valence-electron chi connectivity index (χ0n) is 46.3. The normalized spacial score (nSPS) is 52.5. The van der Waals surface area contributed by atoms with Crippen LogP contribution in [-0.4, -0.2) is 251 Å². The van der Waals surface area contributed by atoms with E-state index in [2.05, 4.69) is 40.3 Å². The highest BCUT2D eigenvalue weighted by Crippen LogP contribution is 2.76. The first-order valence-electron chi connectivity index (χ1n) is 27.9. The van der Waals surface area contributed by atoms with Crippen LogP contribution in [0.5, 0.6) is 0 Å². The van der Waals surface area contributed by atoms with E-state index < -0.39 is 188 Å². The number of ether oxygens (including phenoxy) is 12. The number of methoxy groups -OCH3 is 1. The maximum atomic E-state index is 13.8. The molecule has 10 rings (SSSR count). The highest BCUT2D eigenvalue weighted by atomic mass is 32.3. The van der Waals surface area contributed by atoms with Crippen molar-refractivity contribution in [2.45, 2.75) is 227 Å². The molecule has 6 heterocycles. The highest BCUT2D eigenvalue weighted by Gasteiger charge is 2.76. The van der Waals surface area contributed by atoms with Crippen molar-refractivity contribution < 1.29 is 130 Å². The number of esters is 1. The van der Waals surface area contributed by atoms with Gasteiger partial charge in [-0.25, -0.2) is 4.18 Å². The Labute approximate surface area is 469 Å². The van der Waals surface area contributed by atoms with Gasteiger partial charge in [-0.15, -0.1) is 0 Å². The first-order valence-corrected chi connectivity index (χ1v) is 29.3. The number of aliphatic hydroxyl groups is 10. The Hall–Kier alpha value is -2.02. The molecule has 9 fully saturated rings. The summed E-state index contributed by atoms with van der Waals surface area (Å²) in [6.45, 7) is 13.9. The Morgan fingerprint density at radius 2 is 1.32 bits per heavy atom. The minimum absolute atomic E-state index is 0.0120. The van der Waals surface area contributed by atoms with Crippen molar-refractivity contribution in [3.63, 3.8) is 0 Å². The molecule has 1 spiro atoms. The molecule has 0 aromatic carbocycles. The number of aliphatic hydroxyl groups excluding tert-OH is 10. The molecular formula is C53H82O27S. The second kappa shape index (κ2) is 22.9. The van der Waals surface area contributed by atoms with Crippen molar-refractivity contribution in [2.75, 3.05) is 33.5 Å². The summed E-state index contributed by atoms with van der Waals surface area (Å²) in [5, 5.41) is 111. The van der Waals surface area contributed by atoms with Crippen LogP contribution in [0.2, 0.25) is 0 Å². The smallest absolute Gasteiger partial charge is 0.397 e. The fourth-order valence-corrected chi connectivity index (χ4v) is 16.6. The number of carbonyl (C=O) groups is 1. The predicted molar refractivity (Wildman–Crippen MR) is 268 cm³/mol. The molecular weight excluding hydrogens is 1100 g/mol. The van der Waals surface area contributed by atoms with Crippen LogP contribution >= 0.6 is 0 Å². The summed E-state index contributed by atoms with van der Waals surface area (Å²) >= 11 is 0. The van der Waals surface area contributed by atoms with E-state index in [0.717, 1.165) is 18.4 Å². The maximum absolute atomic E-state index is 13.8. The molecule has 28 heteroatoms. The molecule has 462 valence electrons. The molecule has 4 aliphatic carbocycles. The van der Waals surface area contributed by atoms with Crippen LogP contribution in [0.25, 0.3) is 0 Å². The number of fused-ring (bicyclic) bond motifs is 5. The molecule has 30 unspecified atom stereocenters. The largest absolute Gasteiger partial charge is 0.461 e. The lowest BCUT2D eigenvalue weighted by atomic mass is 9.40. The Morgan fingerprint density at radius 1 is 0.704 bits per heavy atom. The number of rotatable bonds is 15. The Kier molecular flexibility index (Phi) is 17.6. The third kappa shape index (κ3) is 10.5. The molecule has 10 aliphatic rings. The highest BCUT2D eigenvalue weighted by molar-refractivity contribution is 7.80. The molecule has 11 N–H and O–H groups in total. The topological polar surface area (TPSA) is 394 Å². The minimum Gasteiger partial charge on any atom is -0.461 e. The van der Waals surface area contributed by atoms with E-state index in [1.165, 1.54) is 19.6 Å². The van der Waals surface area contributed by atoms with E-state index in [1.54, 1.807) is 0 Å². The summed E-state index contributed by atoms with van der Waals surface area (Å²) in [6.07, 6.45) is -32.2. The Bertz CT molecular complexity index is 2430. The first kappa shape index (κ1) is 62.0. The van der Waals surface area contributed by atoms with Gasteiger partial charge in [0.05, 0.1) is 44.1 Å². The van der Waals surface area contributed by atoms with Crippen molar-refractivity contribution in [1.82, 2.24) is 0 Å². The number of allylic oxidation sites excluding steroid dienone is 2. The van der Waals surface area contributed by atoms with Crippen LogP contribution in [0.15, 0.2) is 23.8 Å². The van der Waals surface area contributed by atoms with Crippen molar-refractivity contribution in [3.8, 4) is 0 Å². The van der Waals surface area contributed by atoms with E-state index in [4.69, 9.17) is 61.0 Å². The van der Waals surface area contributed by atoms with E-state index in [9.17, 15) is 68.8 Å². The summed E-state index contributed by atoms with van der Waals surface area (Å²) in [7, 11) is -4.00. The minimum atomic E-state index is -5.23. The number of hydrogen-bond acceptors (Lipinski definition) is 26. The zero-order chi connectivity index (χ0) is 58.8. The van der Waals surface area contributed by atoms with Gasteiger partial charge in [0.2, 0.25) is 0 Å². The van der Waals surface area contributed by atoms with Crippen LogP contribution in [0.3, 0.4) is 0 Å². The van der Waals surface area contributed by atoms with Gasteiger partial charge >= 0.3 is 16.4 Å². The zero-order valence-corrected chi connectivity index (χ0v) is 47.1. The molecule has 0 radical (unpaired) electrons. The lowest BCUT2D eigenvalue weighted by Gasteiger charge is -2.64. The summed E-state index contributed by atoms with van der Waals surface area (Å²) in [5.41, 5.74) is 0.256. The van der Waals surface area contributed by atoms with Crippen LogP contribution in [-0.2, 0) is 76.2 Å². The second-order valence-corrected chi connectivity index (χ2v) is 26.1. The maximum Gasteiger partial charge on any atom is 0.397 e. The standard InChI is InChI=1S/C53H82O27S/c1-20(2)31-26-15-52(7)23-9-10-29-50(4,5)30(12-13-51(29,6)22(23)11-14-53(31,52)49(64)74-26)75-47-42(34(59)28(19-71-47)80-81(65,66)67)79-48-43(78-44-35(60)32(57)24(55)17-69-44)36(61)39(21(3)72-48)76-46-38(63)41(33(58)27(16-54)73-46)77-45-37(62)40(68-8)25(56)18-70-45/h9,21-22,24-48,54-63H,1,10-19H2,2-8H3,(H,65,66,67). The van der Waals surface area contributed by atoms with Gasteiger partial charge < -0.3 is 108 Å². The molecule has 27 nitrogen and oxygen atoms in total. The average molecular weight is 1180 g/mol. The van der Waals surface area contributed by atoms with Gasteiger partial charge in [0.25, 0.3) is 0 Å². The van der Waals surface area contributed by atoms with Crippen LogP contribution in [0.1, 0.15) is 80.1 Å². The fraction of sp³-hybridized carbons (Fsp3) is 0.906. The molecule has 0 aromatic rings. The SMILES string of the molecule is C=C(C)C1C2CC3(C)C4=CCC5C(C)(C)C(OC6OCC(OS(=O)(=O)O)C(O)C6OC6OC(C)C(OC7OC(CO)C(O)C(OC8OCC(O)C(OC)C8O)C7O)C(O)C6OC6OCC(O)C(O)C6O)CCC5(C)C4CCC13C(=O)O2. The van der Waals surface area contributed by atoms with Gasteiger partial charge in [-0.3, -0.25) is 9.35 Å². The summed E-state index contributed by atoms with van der Waals surface area (Å²) in [4.78, 5) is 13.8. The van der Waals surface area contributed by atoms with Crippen LogP contribution < -0.4 is 0 Å². The van der Waals surface area contributed by atoms with Crippen LogP contribution in [0, 0.1) is 39.4 Å². The average Bonchev–Trinajstić information content (AvgIpc) is 3.62. The van der Waals surface area contributed by atoms with Crippen LogP contribution in [0.4, 0.5) is 0 Å². The lowest BCUT2D eigenvalue weighted by molar-refractivity contribution is -0.402. The Morgan fingerprint density at radius 3 is 1.99 bits per heavy atom. The van der Waals surface area contributed by atoms with E-state index in [0.29, 0.717) is 25.7 Å². The van der Waals surface area contributed by atoms with Crippen molar-refractivity contribution in [3.05, 3.63) is 23.8 Å². The second-order valence-electron chi connectivity index (χ2n) is 25.1. The summed E-state index contributed by atoms with van der Waals surface area (Å²) in [5.74, 6) is -0.0638. The van der Waals surface area contributed by atoms with Gasteiger partial charge in [0, 0.05) is 18.4 Å². The molecule has 0 amide bonds. The van der Waals surface area contributed by atoms with Crippen molar-refractivity contribution in [2.24, 2.45) is 39.4 Å². The molecule has 6 saturated heterocycles.